The van der Waals surface area contributed by atoms with E-state index in [2.05, 4.69) is 0 Å². The minimum Gasteiger partial charge on any atom is -0.459 e. The normalized spacial score (nSPS) is 16.1. The van der Waals surface area contributed by atoms with Gasteiger partial charge in [0, 0.05) is 0 Å². The Morgan fingerprint density at radius 1 is 1.50 bits per heavy atom. The van der Waals surface area contributed by atoms with Gasteiger partial charge < -0.3 is 4.74 Å². The van der Waals surface area contributed by atoms with Crippen LogP contribution in [0.1, 0.15) is 26.7 Å². The van der Waals surface area contributed by atoms with Crippen molar-refractivity contribution in [3.8, 4) is 0 Å². The Bertz CT molecular complexity index is 224. The number of ether oxygens (including phenoxy) is 1. The topological polar surface area (TPSA) is 26.3 Å². The van der Waals surface area contributed by atoms with Gasteiger partial charge in [-0.15, -0.1) is 0 Å². The molecule has 0 aromatic heterocycles. The van der Waals surface area contributed by atoms with Gasteiger partial charge in [0.15, 0.2) is 0 Å². The Morgan fingerprint density at radius 2 is 2.25 bits per heavy atom. The van der Waals surface area contributed by atoms with Crippen LogP contribution in [0, 0.1) is 0 Å². The van der Waals surface area contributed by atoms with E-state index in [-0.39, 0.29) is 12.1 Å². The molecule has 0 saturated carbocycles. The summed E-state index contributed by atoms with van der Waals surface area (Å²) in [4.78, 5) is 11.3. The fourth-order valence-corrected chi connectivity index (χ4v) is 1.05. The molecule has 0 aliphatic heterocycles. The molecule has 12 heavy (non-hydrogen) atoms. The third kappa shape index (κ3) is 2.53. The highest BCUT2D eigenvalue weighted by atomic mass is 16.5. The maximum absolute atomic E-state index is 11.3. The molecular weight excluding hydrogens is 152 g/mol. The summed E-state index contributed by atoms with van der Waals surface area (Å²) in [5.74, 6) is -0.207. The van der Waals surface area contributed by atoms with Crippen LogP contribution in [-0.2, 0) is 9.53 Å². The van der Waals surface area contributed by atoms with Crippen molar-refractivity contribution >= 4 is 5.97 Å². The van der Waals surface area contributed by atoms with Crippen LogP contribution >= 0.6 is 0 Å². The van der Waals surface area contributed by atoms with Gasteiger partial charge in [-0.3, -0.25) is 0 Å². The average Bonchev–Trinajstić information content (AvgIpc) is 2.05. The van der Waals surface area contributed by atoms with E-state index in [4.69, 9.17) is 4.74 Å². The van der Waals surface area contributed by atoms with Crippen LogP contribution in [0.15, 0.2) is 23.8 Å². The molecule has 0 fully saturated rings. The zero-order valence-corrected chi connectivity index (χ0v) is 7.54. The molecule has 1 aliphatic carbocycles. The summed E-state index contributed by atoms with van der Waals surface area (Å²) in [5, 5.41) is 0. The van der Waals surface area contributed by atoms with E-state index < -0.39 is 0 Å². The molecule has 1 rings (SSSR count). The Kier molecular flexibility index (Phi) is 3.09. The van der Waals surface area contributed by atoms with E-state index in [0.717, 1.165) is 12.8 Å². The van der Waals surface area contributed by atoms with Gasteiger partial charge in [-0.05, 0) is 26.7 Å². The average molecular weight is 166 g/mol. The highest BCUT2D eigenvalue weighted by Gasteiger charge is 2.10. The first-order valence-electron chi connectivity index (χ1n) is 4.28. The Labute approximate surface area is 72.9 Å². The Balaban J connectivity index is 2.52. The second-order valence-corrected chi connectivity index (χ2v) is 3.09. The first kappa shape index (κ1) is 9.04. The summed E-state index contributed by atoms with van der Waals surface area (Å²) < 4.78 is 5.03. The highest BCUT2D eigenvalue weighted by molar-refractivity contribution is 5.91. The Hall–Kier alpha value is -1.05. The summed E-state index contributed by atoms with van der Waals surface area (Å²) in [5.41, 5.74) is 0.690. The molecule has 0 radical (unpaired) electrons. The van der Waals surface area contributed by atoms with Crippen molar-refractivity contribution < 1.29 is 9.53 Å². The van der Waals surface area contributed by atoms with Crippen LogP contribution in [0.4, 0.5) is 0 Å². The minimum absolute atomic E-state index is 0.0336. The third-order valence-corrected chi connectivity index (χ3v) is 1.57. The molecule has 0 aromatic carbocycles. The van der Waals surface area contributed by atoms with E-state index in [9.17, 15) is 4.79 Å². The highest BCUT2D eigenvalue weighted by Crippen LogP contribution is 2.11. The van der Waals surface area contributed by atoms with Gasteiger partial charge >= 0.3 is 5.97 Å². The van der Waals surface area contributed by atoms with E-state index in [0.29, 0.717) is 5.57 Å². The number of hydrogen-bond acceptors (Lipinski definition) is 2. The van der Waals surface area contributed by atoms with Gasteiger partial charge in [-0.2, -0.15) is 0 Å². The molecule has 0 amide bonds. The summed E-state index contributed by atoms with van der Waals surface area (Å²) >= 11 is 0. The van der Waals surface area contributed by atoms with Crippen LogP contribution in [0.5, 0.6) is 0 Å². The molecule has 0 atom stereocenters. The number of allylic oxidation sites excluding steroid dienone is 2. The molecule has 1 aliphatic rings. The van der Waals surface area contributed by atoms with Gasteiger partial charge in [0.05, 0.1) is 11.7 Å². The van der Waals surface area contributed by atoms with Crippen LogP contribution in [-0.4, -0.2) is 12.1 Å². The van der Waals surface area contributed by atoms with Crippen LogP contribution in [0.2, 0.25) is 0 Å². The number of rotatable bonds is 2. The molecule has 2 nitrogen and oxygen atoms in total. The van der Waals surface area contributed by atoms with Crippen molar-refractivity contribution in [3.05, 3.63) is 23.8 Å². The fourth-order valence-electron chi connectivity index (χ4n) is 1.05. The number of hydrogen-bond donors (Lipinski definition) is 0. The standard InChI is InChI=1S/C10H14O2/c1-8(2)12-10(11)9-6-4-3-5-7-9/h4,6-8H,3,5H2,1-2H3. The Morgan fingerprint density at radius 3 is 2.75 bits per heavy atom. The number of esters is 1. The maximum Gasteiger partial charge on any atom is 0.338 e. The van der Waals surface area contributed by atoms with E-state index in [1.165, 1.54) is 0 Å². The first-order chi connectivity index (χ1) is 5.70. The molecule has 0 bridgehead atoms. The molecule has 0 unspecified atom stereocenters. The second kappa shape index (κ2) is 4.10. The lowest BCUT2D eigenvalue weighted by molar-refractivity contribution is -0.142. The van der Waals surface area contributed by atoms with E-state index >= 15 is 0 Å². The molecule has 0 spiro atoms. The lowest BCUT2D eigenvalue weighted by Crippen LogP contribution is -2.13. The minimum atomic E-state index is -0.207. The molecule has 0 N–H and O–H groups in total. The molecule has 66 valence electrons. The van der Waals surface area contributed by atoms with E-state index in [1.807, 2.05) is 32.1 Å². The lowest BCUT2D eigenvalue weighted by atomic mass is 10.1. The number of carbonyl (C=O) groups is 1. The predicted molar refractivity (Wildman–Crippen MR) is 47.7 cm³/mol. The van der Waals surface area contributed by atoms with Crippen molar-refractivity contribution in [2.45, 2.75) is 32.8 Å². The van der Waals surface area contributed by atoms with Crippen molar-refractivity contribution in [1.82, 2.24) is 0 Å². The number of carbonyl (C=O) groups excluding carboxylic acids is 1. The zero-order chi connectivity index (χ0) is 8.97. The van der Waals surface area contributed by atoms with E-state index in [1.54, 1.807) is 0 Å². The van der Waals surface area contributed by atoms with Crippen LogP contribution < -0.4 is 0 Å². The zero-order valence-electron chi connectivity index (χ0n) is 7.54. The third-order valence-electron chi connectivity index (χ3n) is 1.57. The monoisotopic (exact) mass is 166 g/mol. The summed E-state index contributed by atoms with van der Waals surface area (Å²) in [6.07, 6.45) is 7.68. The van der Waals surface area contributed by atoms with Crippen LogP contribution in [0.25, 0.3) is 0 Å². The fraction of sp³-hybridized carbons (Fsp3) is 0.500. The largest absolute Gasteiger partial charge is 0.459 e. The maximum atomic E-state index is 11.3. The van der Waals surface area contributed by atoms with Crippen molar-refractivity contribution in [2.24, 2.45) is 0 Å². The smallest absolute Gasteiger partial charge is 0.338 e. The van der Waals surface area contributed by atoms with Gasteiger partial charge in [-0.25, -0.2) is 4.79 Å². The quantitative estimate of drug-likeness (QED) is 0.588. The van der Waals surface area contributed by atoms with Crippen LogP contribution in [0.3, 0.4) is 0 Å². The summed E-state index contributed by atoms with van der Waals surface area (Å²) in [6.45, 7) is 3.70. The van der Waals surface area contributed by atoms with Crippen molar-refractivity contribution in [1.29, 1.82) is 0 Å². The molecule has 2 heteroatoms. The molecule has 0 saturated heterocycles. The van der Waals surface area contributed by atoms with Gasteiger partial charge in [0.1, 0.15) is 0 Å². The van der Waals surface area contributed by atoms with Gasteiger partial charge in [-0.1, -0.05) is 18.2 Å². The molecular formula is C10H14O2. The molecule has 0 heterocycles. The van der Waals surface area contributed by atoms with Crippen molar-refractivity contribution in [3.63, 3.8) is 0 Å². The lowest BCUT2D eigenvalue weighted by Gasteiger charge is -2.09. The molecule has 0 aromatic rings. The summed E-state index contributed by atoms with van der Waals surface area (Å²) in [6, 6.07) is 0. The van der Waals surface area contributed by atoms with Gasteiger partial charge in [0.25, 0.3) is 0 Å². The SMILES string of the molecule is CC(C)OC(=O)C1=CCCC=C1. The second-order valence-electron chi connectivity index (χ2n) is 3.09. The summed E-state index contributed by atoms with van der Waals surface area (Å²) in [7, 11) is 0. The predicted octanol–water partition coefficient (Wildman–Crippen LogP) is 2.21. The first-order valence-corrected chi connectivity index (χ1v) is 4.28. The van der Waals surface area contributed by atoms with Crippen molar-refractivity contribution in [2.75, 3.05) is 0 Å². The van der Waals surface area contributed by atoms with Gasteiger partial charge in [0.2, 0.25) is 0 Å².